The number of hydrogen-bond donors (Lipinski definition) is 1. The van der Waals surface area contributed by atoms with Crippen molar-refractivity contribution in [1.29, 1.82) is 0 Å². The number of benzene rings is 2. The fourth-order valence-electron chi connectivity index (χ4n) is 4.96. The van der Waals surface area contributed by atoms with Crippen molar-refractivity contribution in [1.82, 2.24) is 34.7 Å². The van der Waals surface area contributed by atoms with Crippen molar-refractivity contribution in [2.45, 2.75) is 60.4 Å². The van der Waals surface area contributed by atoms with Gasteiger partial charge in [-0.1, -0.05) is 83.5 Å². The number of aromatic amines is 1. The molecule has 0 radical (unpaired) electrons. The molecule has 0 aliphatic carbocycles. The highest BCUT2D eigenvalue weighted by Gasteiger charge is 2.22. The van der Waals surface area contributed by atoms with Gasteiger partial charge in [0.1, 0.15) is 0 Å². The zero-order valence-corrected chi connectivity index (χ0v) is 23.9. The standard InChI is InChI=1S/C32H37N7O/c1-6-9-26-21-39(29-11-8-7-10-25(29)18-22(2)32(3,4)5)31(40)38(26)20-23-12-14-24(15-13-23)28-19-33-17-16-27(28)30-34-36-37-35-30/h7-8,10-17,19,21-22H,6,9,18,20H2,1-5H3,(H,34,35,36,37). The van der Waals surface area contributed by atoms with Crippen LogP contribution >= 0.6 is 0 Å². The molecule has 8 heteroatoms. The van der Waals surface area contributed by atoms with Gasteiger partial charge in [0, 0.05) is 35.4 Å². The van der Waals surface area contributed by atoms with Crippen LogP contribution in [0.5, 0.6) is 0 Å². The van der Waals surface area contributed by atoms with Crippen LogP contribution in [0.2, 0.25) is 0 Å². The molecule has 1 unspecified atom stereocenters. The van der Waals surface area contributed by atoms with Gasteiger partial charge in [0.25, 0.3) is 0 Å². The first-order chi connectivity index (χ1) is 19.3. The van der Waals surface area contributed by atoms with Gasteiger partial charge in [0.15, 0.2) is 5.82 Å². The lowest BCUT2D eigenvalue weighted by Crippen LogP contribution is -2.26. The molecule has 8 nitrogen and oxygen atoms in total. The quantitative estimate of drug-likeness (QED) is 0.246. The first-order valence-electron chi connectivity index (χ1n) is 13.9. The number of aryl methyl sites for hydroxylation is 1. The first kappa shape index (κ1) is 27.2. The van der Waals surface area contributed by atoms with Crippen molar-refractivity contribution in [3.8, 4) is 28.2 Å². The van der Waals surface area contributed by atoms with Crippen LogP contribution in [0, 0.1) is 11.3 Å². The molecular weight excluding hydrogens is 498 g/mol. The Morgan fingerprint density at radius 2 is 1.77 bits per heavy atom. The number of tetrazole rings is 1. The molecule has 5 rings (SSSR count). The minimum absolute atomic E-state index is 0.00393. The van der Waals surface area contributed by atoms with E-state index in [9.17, 15) is 4.79 Å². The molecule has 3 aromatic heterocycles. The Kier molecular flexibility index (Phi) is 7.78. The van der Waals surface area contributed by atoms with Crippen LogP contribution in [0.4, 0.5) is 0 Å². The number of aromatic nitrogens is 7. The zero-order valence-electron chi connectivity index (χ0n) is 23.9. The minimum atomic E-state index is -0.00393. The van der Waals surface area contributed by atoms with Gasteiger partial charge in [-0.2, -0.15) is 0 Å². The molecule has 2 aromatic carbocycles. The summed E-state index contributed by atoms with van der Waals surface area (Å²) < 4.78 is 3.76. The summed E-state index contributed by atoms with van der Waals surface area (Å²) in [5.74, 6) is 1.07. The van der Waals surface area contributed by atoms with E-state index in [2.05, 4.69) is 103 Å². The molecule has 1 atom stereocenters. The second-order valence-electron chi connectivity index (χ2n) is 11.6. The number of para-hydroxylation sites is 1. The number of pyridine rings is 1. The van der Waals surface area contributed by atoms with Crippen molar-refractivity contribution in [3.05, 3.63) is 100 Å². The summed E-state index contributed by atoms with van der Waals surface area (Å²) in [6.07, 6.45) is 8.30. The van der Waals surface area contributed by atoms with E-state index in [-0.39, 0.29) is 11.1 Å². The van der Waals surface area contributed by atoms with Crippen LogP contribution in [0.3, 0.4) is 0 Å². The average molecular weight is 536 g/mol. The number of nitrogens with zero attached hydrogens (tertiary/aromatic N) is 6. The lowest BCUT2D eigenvalue weighted by Gasteiger charge is -2.28. The smallest absolute Gasteiger partial charge is 0.292 e. The molecule has 0 saturated heterocycles. The minimum Gasteiger partial charge on any atom is -0.292 e. The van der Waals surface area contributed by atoms with Crippen LogP contribution in [0.15, 0.2) is 78.0 Å². The third kappa shape index (κ3) is 5.66. The zero-order chi connectivity index (χ0) is 28.3. The Morgan fingerprint density at radius 1 is 1.00 bits per heavy atom. The molecule has 0 spiro atoms. The van der Waals surface area contributed by atoms with Crippen LogP contribution in [-0.4, -0.2) is 34.7 Å². The van der Waals surface area contributed by atoms with E-state index in [4.69, 9.17) is 0 Å². The fraction of sp³-hybridized carbons (Fsp3) is 0.344. The number of nitrogens with one attached hydrogen (secondary N) is 1. The van der Waals surface area contributed by atoms with Gasteiger partial charge in [-0.15, -0.1) is 5.10 Å². The van der Waals surface area contributed by atoms with Crippen LogP contribution < -0.4 is 5.69 Å². The first-order valence-corrected chi connectivity index (χ1v) is 13.9. The molecule has 0 aliphatic rings. The van der Waals surface area contributed by atoms with Crippen LogP contribution in [-0.2, 0) is 19.4 Å². The van der Waals surface area contributed by atoms with E-state index in [0.717, 1.165) is 52.9 Å². The number of H-pyrrole nitrogens is 1. The van der Waals surface area contributed by atoms with Crippen molar-refractivity contribution in [2.75, 3.05) is 0 Å². The summed E-state index contributed by atoms with van der Waals surface area (Å²) in [5, 5.41) is 14.3. The Labute approximate surface area is 235 Å². The normalized spacial score (nSPS) is 12.5. The van der Waals surface area contributed by atoms with Gasteiger partial charge in [0.2, 0.25) is 0 Å². The molecule has 3 heterocycles. The van der Waals surface area contributed by atoms with Gasteiger partial charge < -0.3 is 0 Å². The molecule has 0 bridgehead atoms. The Bertz CT molecular complexity index is 1620. The SMILES string of the molecule is CCCc1cn(-c2ccccc2CC(C)C(C)(C)C)c(=O)n1Cc1ccc(-c2cnccc2-c2nnn[nH]2)cc1. The maximum absolute atomic E-state index is 13.9. The van der Waals surface area contributed by atoms with Gasteiger partial charge in [-0.3, -0.25) is 14.1 Å². The summed E-state index contributed by atoms with van der Waals surface area (Å²) in [6, 6.07) is 18.5. The predicted molar refractivity (Wildman–Crippen MR) is 158 cm³/mol. The summed E-state index contributed by atoms with van der Waals surface area (Å²) in [6.45, 7) is 11.8. The lowest BCUT2D eigenvalue weighted by molar-refractivity contribution is 0.260. The van der Waals surface area contributed by atoms with Crippen molar-refractivity contribution < 1.29 is 0 Å². The molecule has 0 fully saturated rings. The highest BCUT2D eigenvalue weighted by Crippen LogP contribution is 2.31. The van der Waals surface area contributed by atoms with E-state index in [1.807, 2.05) is 33.7 Å². The Hall–Kier alpha value is -4.33. The van der Waals surface area contributed by atoms with Crippen molar-refractivity contribution in [3.63, 3.8) is 0 Å². The van der Waals surface area contributed by atoms with Crippen molar-refractivity contribution in [2.24, 2.45) is 11.3 Å². The summed E-state index contributed by atoms with van der Waals surface area (Å²) in [5.41, 5.74) is 7.28. The van der Waals surface area contributed by atoms with Gasteiger partial charge >= 0.3 is 5.69 Å². The highest BCUT2D eigenvalue weighted by atomic mass is 16.1. The fourth-order valence-corrected chi connectivity index (χ4v) is 4.96. The maximum Gasteiger partial charge on any atom is 0.333 e. The third-order valence-electron chi connectivity index (χ3n) is 7.85. The van der Waals surface area contributed by atoms with Crippen LogP contribution in [0.25, 0.3) is 28.2 Å². The third-order valence-corrected chi connectivity index (χ3v) is 7.85. The molecular formula is C32H37N7O. The molecule has 206 valence electrons. The van der Waals surface area contributed by atoms with E-state index in [0.29, 0.717) is 18.3 Å². The number of hydrogen-bond acceptors (Lipinski definition) is 5. The average Bonchev–Trinajstić information content (AvgIpc) is 3.59. The summed E-state index contributed by atoms with van der Waals surface area (Å²) in [4.78, 5) is 18.2. The molecule has 0 saturated carbocycles. The Balaban J connectivity index is 1.46. The lowest BCUT2D eigenvalue weighted by atomic mass is 9.78. The van der Waals surface area contributed by atoms with Gasteiger partial charge in [0.05, 0.1) is 12.2 Å². The number of imidazole rings is 1. The van der Waals surface area contributed by atoms with Crippen molar-refractivity contribution >= 4 is 0 Å². The van der Waals surface area contributed by atoms with E-state index < -0.39 is 0 Å². The van der Waals surface area contributed by atoms with Gasteiger partial charge in [-0.05, 0) is 63.4 Å². The maximum atomic E-state index is 13.9. The van der Waals surface area contributed by atoms with E-state index >= 15 is 0 Å². The van der Waals surface area contributed by atoms with E-state index in [1.165, 1.54) is 5.56 Å². The predicted octanol–water partition coefficient (Wildman–Crippen LogP) is 6.11. The topological polar surface area (TPSA) is 94.3 Å². The molecule has 0 aliphatic heterocycles. The molecule has 5 aromatic rings. The Morgan fingerprint density at radius 3 is 2.48 bits per heavy atom. The number of rotatable bonds is 9. The summed E-state index contributed by atoms with van der Waals surface area (Å²) in [7, 11) is 0. The second kappa shape index (κ2) is 11.4. The molecule has 40 heavy (non-hydrogen) atoms. The van der Waals surface area contributed by atoms with Gasteiger partial charge in [-0.25, -0.2) is 9.89 Å². The molecule has 1 N–H and O–H groups in total. The highest BCUT2D eigenvalue weighted by molar-refractivity contribution is 5.79. The largest absolute Gasteiger partial charge is 0.333 e. The van der Waals surface area contributed by atoms with E-state index in [1.54, 1.807) is 6.20 Å². The second-order valence-corrected chi connectivity index (χ2v) is 11.6. The monoisotopic (exact) mass is 535 g/mol. The molecule has 0 amide bonds. The summed E-state index contributed by atoms with van der Waals surface area (Å²) >= 11 is 0. The van der Waals surface area contributed by atoms with Crippen LogP contribution in [0.1, 0.15) is 57.9 Å².